The van der Waals surface area contributed by atoms with Crippen LogP contribution in [0.4, 0.5) is 11.4 Å². The zero-order valence-electron chi connectivity index (χ0n) is 27.4. The maximum absolute atomic E-state index is 12.2. The Kier molecular flexibility index (Phi) is 7.23. The molecule has 1 spiro atoms. The lowest BCUT2D eigenvalue weighted by atomic mass is 9.74. The number of nitrogens with zero attached hydrogens (tertiary/aromatic N) is 2. The summed E-state index contributed by atoms with van der Waals surface area (Å²) >= 11 is 0. The Morgan fingerprint density at radius 3 is 2.20 bits per heavy atom. The molecule has 4 aliphatic rings. The Bertz CT molecular complexity index is 1770. The molecule has 3 aromatic carbocycles. The van der Waals surface area contributed by atoms with Crippen molar-refractivity contribution in [1.29, 1.82) is 0 Å². The number of aryl methyl sites for hydroxylation is 2. The van der Waals surface area contributed by atoms with E-state index in [2.05, 4.69) is 131 Å². The van der Waals surface area contributed by atoms with Crippen molar-refractivity contribution in [1.82, 2.24) is 0 Å². The molecule has 0 radical (unpaired) electrons. The van der Waals surface area contributed by atoms with Gasteiger partial charge in [-0.25, -0.2) is 0 Å². The molecule has 1 atom stereocenters. The Labute approximate surface area is 263 Å². The highest BCUT2D eigenvalue weighted by molar-refractivity contribution is 6.11. The molecule has 3 heterocycles. The average molecular weight is 585 g/mol. The van der Waals surface area contributed by atoms with Crippen LogP contribution in [0, 0.1) is 6.92 Å². The second kappa shape index (κ2) is 10.7. The molecule has 7 rings (SSSR count). The average Bonchev–Trinajstić information content (AvgIpc) is 3.31. The van der Waals surface area contributed by atoms with E-state index in [-0.39, 0.29) is 22.3 Å². The smallest absolute Gasteiger partial charge is 0.192 e. The number of ether oxygens (including phenoxy) is 1. The van der Waals surface area contributed by atoms with E-state index in [1.165, 1.54) is 39.3 Å². The zero-order valence-corrected chi connectivity index (χ0v) is 27.4. The first-order chi connectivity index (χ1) is 20.9. The van der Waals surface area contributed by atoms with Crippen molar-refractivity contribution in [3.05, 3.63) is 136 Å². The standard InChI is InChI=1S/C20H23NO.C20H21NO/c1-14-8-7-9-15-12-13-20(22-18(14)15)19(2,3)16-10-5-6-11-17(16)21(20)4;1-14-8-7-9-15(19(14)22)12-13-18-20(2,3)16-10-5-6-11-17(16)21(18)4/h5-11H,12-13H2,1-4H3;5-13H,1-4H3/b;15-12+,18-13+. The summed E-state index contributed by atoms with van der Waals surface area (Å²) in [5, 5.41) is 0. The molecular weight excluding hydrogens is 540 g/mol. The van der Waals surface area contributed by atoms with Gasteiger partial charge >= 0.3 is 0 Å². The predicted octanol–water partition coefficient (Wildman–Crippen LogP) is 8.75. The molecule has 4 nitrogen and oxygen atoms in total. The van der Waals surface area contributed by atoms with Crippen LogP contribution < -0.4 is 14.5 Å². The van der Waals surface area contributed by atoms with E-state index in [1.807, 2.05) is 31.2 Å². The fourth-order valence-electron chi connectivity index (χ4n) is 7.65. The summed E-state index contributed by atoms with van der Waals surface area (Å²) in [6, 6.07) is 23.7. The van der Waals surface area contributed by atoms with Crippen LogP contribution >= 0.6 is 0 Å². The van der Waals surface area contributed by atoms with Gasteiger partial charge in [-0.2, -0.15) is 0 Å². The predicted molar refractivity (Wildman–Crippen MR) is 183 cm³/mol. The number of hydrogen-bond acceptors (Lipinski definition) is 4. The lowest BCUT2D eigenvalue weighted by Crippen LogP contribution is -2.60. The van der Waals surface area contributed by atoms with E-state index >= 15 is 0 Å². The fraction of sp³-hybridized carbons (Fsp3) is 0.325. The van der Waals surface area contributed by atoms with Gasteiger partial charge in [0.15, 0.2) is 11.5 Å². The maximum Gasteiger partial charge on any atom is 0.192 e. The van der Waals surface area contributed by atoms with Crippen LogP contribution in [-0.2, 0) is 22.0 Å². The maximum atomic E-state index is 12.2. The van der Waals surface area contributed by atoms with Gasteiger partial charge in [-0.3, -0.25) is 4.79 Å². The first-order valence-corrected chi connectivity index (χ1v) is 15.7. The molecule has 4 heteroatoms. The van der Waals surface area contributed by atoms with Gasteiger partial charge in [-0.05, 0) is 86.2 Å². The van der Waals surface area contributed by atoms with Crippen LogP contribution in [0.2, 0.25) is 0 Å². The van der Waals surface area contributed by atoms with Crippen LogP contribution in [0.25, 0.3) is 0 Å². The highest BCUT2D eigenvalue weighted by Gasteiger charge is 2.58. The third kappa shape index (κ3) is 4.46. The van der Waals surface area contributed by atoms with Gasteiger partial charge in [0.05, 0.1) is 5.41 Å². The van der Waals surface area contributed by atoms with Gasteiger partial charge in [0.2, 0.25) is 0 Å². The fourth-order valence-corrected chi connectivity index (χ4v) is 7.65. The summed E-state index contributed by atoms with van der Waals surface area (Å²) < 4.78 is 6.75. The van der Waals surface area contributed by atoms with Crippen molar-refractivity contribution in [3.8, 4) is 5.75 Å². The number of fused-ring (bicyclic) bond motifs is 3. The Hall–Kier alpha value is -4.31. The van der Waals surface area contributed by atoms with Crippen LogP contribution in [0.3, 0.4) is 0 Å². The number of para-hydroxylation sites is 3. The number of benzene rings is 3. The lowest BCUT2D eigenvalue weighted by Gasteiger charge is -2.49. The number of carbonyl (C=O) groups excluding carboxylic acids is 1. The molecule has 226 valence electrons. The summed E-state index contributed by atoms with van der Waals surface area (Å²) in [6.07, 6.45) is 11.8. The minimum atomic E-state index is -0.296. The summed E-state index contributed by atoms with van der Waals surface area (Å²) in [4.78, 5) is 16.7. The molecular formula is C40H44N2O2. The van der Waals surface area contributed by atoms with Crippen molar-refractivity contribution in [2.75, 3.05) is 23.9 Å². The molecule has 3 aromatic rings. The summed E-state index contributed by atoms with van der Waals surface area (Å²) in [6.45, 7) is 13.1. The van der Waals surface area contributed by atoms with Crippen LogP contribution in [0.5, 0.6) is 5.75 Å². The van der Waals surface area contributed by atoms with Gasteiger partial charge in [0, 0.05) is 48.6 Å². The summed E-state index contributed by atoms with van der Waals surface area (Å²) in [5.74, 6) is 1.19. The molecule has 0 aromatic heterocycles. The number of likely N-dealkylation sites (N-methyl/N-ethyl adjacent to an activating group) is 2. The van der Waals surface area contributed by atoms with E-state index in [1.54, 1.807) is 0 Å². The monoisotopic (exact) mass is 584 g/mol. The number of rotatable bonds is 1. The minimum absolute atomic E-state index is 0.0433. The van der Waals surface area contributed by atoms with E-state index in [9.17, 15) is 4.79 Å². The van der Waals surface area contributed by atoms with Gasteiger partial charge in [-0.1, -0.05) is 86.7 Å². The Balaban J connectivity index is 0.000000156. The molecule has 0 saturated carbocycles. The Morgan fingerprint density at radius 1 is 0.818 bits per heavy atom. The number of carbonyl (C=O) groups is 1. The van der Waals surface area contributed by atoms with Crippen molar-refractivity contribution >= 4 is 17.2 Å². The SMILES string of the molecule is CC1=CC=C/C(=C\C=C2\N(C)c3ccccc3C2(C)C)C1=O.Cc1cccc2c1OC1(CC2)N(C)c2ccccc2C1(C)C. The third-order valence-corrected chi connectivity index (χ3v) is 10.4. The number of hydrogen-bond donors (Lipinski definition) is 0. The van der Waals surface area contributed by atoms with Crippen LogP contribution in [0.1, 0.15) is 63.3 Å². The normalized spacial score (nSPS) is 24.0. The van der Waals surface area contributed by atoms with Crippen LogP contribution in [-0.4, -0.2) is 25.6 Å². The number of allylic oxidation sites excluding steroid dienone is 8. The quantitative estimate of drug-likeness (QED) is 0.268. The molecule has 0 saturated heterocycles. The first kappa shape index (κ1) is 29.7. The van der Waals surface area contributed by atoms with Crippen molar-refractivity contribution in [2.24, 2.45) is 0 Å². The Morgan fingerprint density at radius 2 is 1.50 bits per heavy atom. The van der Waals surface area contributed by atoms with Crippen molar-refractivity contribution in [3.63, 3.8) is 0 Å². The highest BCUT2D eigenvalue weighted by atomic mass is 16.5. The number of ketones is 1. The molecule has 0 amide bonds. The second-order valence-corrected chi connectivity index (χ2v) is 13.6. The second-order valence-electron chi connectivity index (χ2n) is 13.6. The topological polar surface area (TPSA) is 32.8 Å². The molecule has 0 fully saturated rings. The van der Waals surface area contributed by atoms with Gasteiger partial charge < -0.3 is 14.5 Å². The molecule has 44 heavy (non-hydrogen) atoms. The van der Waals surface area contributed by atoms with E-state index in [0.717, 1.165) is 29.7 Å². The van der Waals surface area contributed by atoms with Gasteiger partial charge in [-0.15, -0.1) is 0 Å². The van der Waals surface area contributed by atoms with Gasteiger partial charge in [0.25, 0.3) is 0 Å². The van der Waals surface area contributed by atoms with E-state index in [4.69, 9.17) is 4.74 Å². The molecule has 0 N–H and O–H groups in total. The number of Topliss-reactive ketones (excluding diaryl/α,β-unsaturated/α-hetero) is 1. The lowest BCUT2D eigenvalue weighted by molar-refractivity contribution is -0.112. The molecule has 1 unspecified atom stereocenters. The van der Waals surface area contributed by atoms with Gasteiger partial charge in [0.1, 0.15) is 5.75 Å². The van der Waals surface area contributed by atoms with E-state index in [0.29, 0.717) is 0 Å². The number of anilines is 2. The first-order valence-electron chi connectivity index (χ1n) is 15.7. The van der Waals surface area contributed by atoms with Crippen molar-refractivity contribution < 1.29 is 9.53 Å². The molecule has 0 bridgehead atoms. The van der Waals surface area contributed by atoms with Crippen LogP contribution in [0.15, 0.2) is 114 Å². The summed E-state index contributed by atoms with van der Waals surface area (Å²) in [5.41, 5.74) is 10.1. The molecule has 1 aliphatic carbocycles. The summed E-state index contributed by atoms with van der Waals surface area (Å²) in [7, 11) is 4.26. The largest absolute Gasteiger partial charge is 0.466 e. The minimum Gasteiger partial charge on any atom is -0.466 e. The van der Waals surface area contributed by atoms with E-state index < -0.39 is 0 Å². The molecule has 3 aliphatic heterocycles. The van der Waals surface area contributed by atoms with Crippen molar-refractivity contribution in [2.45, 2.75) is 70.9 Å². The zero-order chi connectivity index (χ0) is 31.4. The highest BCUT2D eigenvalue weighted by Crippen LogP contribution is 2.55. The third-order valence-electron chi connectivity index (χ3n) is 10.4.